The van der Waals surface area contributed by atoms with Crippen molar-refractivity contribution >= 4 is 0 Å². The van der Waals surface area contributed by atoms with Gasteiger partial charge in [0.2, 0.25) is 0 Å². The zero-order valence-electron chi connectivity index (χ0n) is 10.4. The number of likely N-dealkylation sites (N-methyl/N-ethyl adjacent to an activating group) is 1. The van der Waals surface area contributed by atoms with E-state index in [4.69, 9.17) is 0 Å². The molecule has 2 heteroatoms. The first-order valence-electron chi connectivity index (χ1n) is 6.68. The summed E-state index contributed by atoms with van der Waals surface area (Å²) >= 11 is 0. The van der Waals surface area contributed by atoms with Gasteiger partial charge in [-0.3, -0.25) is 4.90 Å². The lowest BCUT2D eigenvalue weighted by molar-refractivity contribution is 0.123. The first-order chi connectivity index (χ1) is 7.27. The molecule has 2 fully saturated rings. The predicted molar refractivity (Wildman–Crippen MR) is 65.2 cm³/mol. The van der Waals surface area contributed by atoms with Crippen LogP contribution in [0.3, 0.4) is 0 Å². The highest BCUT2D eigenvalue weighted by Gasteiger charge is 2.31. The van der Waals surface area contributed by atoms with Crippen LogP contribution in [0, 0.1) is 0 Å². The Morgan fingerprint density at radius 1 is 1.00 bits per heavy atom. The van der Waals surface area contributed by atoms with Crippen LogP contribution in [0.1, 0.15) is 44.9 Å². The Balaban J connectivity index is 1.88. The molecule has 2 rings (SSSR count). The van der Waals surface area contributed by atoms with Crippen molar-refractivity contribution in [1.82, 2.24) is 9.80 Å². The van der Waals surface area contributed by atoms with E-state index in [1.54, 1.807) is 0 Å². The highest BCUT2D eigenvalue weighted by molar-refractivity contribution is 4.87. The summed E-state index contributed by atoms with van der Waals surface area (Å²) in [4.78, 5) is 5.17. The van der Waals surface area contributed by atoms with Gasteiger partial charge in [0, 0.05) is 18.6 Å². The Labute approximate surface area is 94.6 Å². The van der Waals surface area contributed by atoms with Crippen LogP contribution in [0.25, 0.3) is 0 Å². The largest absolute Gasteiger partial charge is 0.308 e. The maximum Gasteiger partial charge on any atom is 0.0226 e. The van der Waals surface area contributed by atoms with Gasteiger partial charge in [0.25, 0.3) is 0 Å². The summed E-state index contributed by atoms with van der Waals surface area (Å²) in [5, 5.41) is 0. The highest BCUT2D eigenvalue weighted by Crippen LogP contribution is 2.29. The fourth-order valence-electron chi connectivity index (χ4n) is 3.37. The SMILES string of the molecule is CN(C)CC1CCCN1C1CCCCC1. The zero-order chi connectivity index (χ0) is 10.7. The highest BCUT2D eigenvalue weighted by atomic mass is 15.2. The molecule has 1 saturated carbocycles. The van der Waals surface area contributed by atoms with Gasteiger partial charge < -0.3 is 4.90 Å². The smallest absolute Gasteiger partial charge is 0.0226 e. The Morgan fingerprint density at radius 2 is 1.73 bits per heavy atom. The van der Waals surface area contributed by atoms with Crippen LogP contribution in [-0.2, 0) is 0 Å². The van der Waals surface area contributed by atoms with E-state index < -0.39 is 0 Å². The topological polar surface area (TPSA) is 6.48 Å². The Bertz CT molecular complexity index is 185. The Hall–Kier alpha value is -0.0800. The van der Waals surface area contributed by atoms with Crippen LogP contribution in [0.4, 0.5) is 0 Å². The van der Waals surface area contributed by atoms with Gasteiger partial charge >= 0.3 is 0 Å². The second kappa shape index (κ2) is 5.31. The fourth-order valence-corrected chi connectivity index (χ4v) is 3.37. The maximum atomic E-state index is 2.82. The van der Waals surface area contributed by atoms with E-state index in [0.717, 1.165) is 12.1 Å². The van der Waals surface area contributed by atoms with Gasteiger partial charge in [0.1, 0.15) is 0 Å². The van der Waals surface area contributed by atoms with Crippen molar-refractivity contribution in [2.75, 3.05) is 27.2 Å². The van der Waals surface area contributed by atoms with E-state index in [0.29, 0.717) is 0 Å². The summed E-state index contributed by atoms with van der Waals surface area (Å²) in [6, 6.07) is 1.77. The summed E-state index contributed by atoms with van der Waals surface area (Å²) in [5.74, 6) is 0. The summed E-state index contributed by atoms with van der Waals surface area (Å²) in [5.41, 5.74) is 0. The molecule has 1 unspecified atom stereocenters. The standard InChI is InChI=1S/C13H26N2/c1-14(2)11-13-9-6-10-15(13)12-7-4-3-5-8-12/h12-13H,3-11H2,1-2H3. The molecule has 0 N–H and O–H groups in total. The van der Waals surface area contributed by atoms with Crippen LogP contribution in [0.15, 0.2) is 0 Å². The van der Waals surface area contributed by atoms with Gasteiger partial charge in [-0.05, 0) is 46.3 Å². The lowest BCUT2D eigenvalue weighted by Gasteiger charge is -2.36. The third kappa shape index (κ3) is 2.94. The molecule has 2 nitrogen and oxygen atoms in total. The average Bonchev–Trinajstić information content (AvgIpc) is 2.66. The lowest BCUT2D eigenvalue weighted by Crippen LogP contribution is -2.44. The van der Waals surface area contributed by atoms with Crippen molar-refractivity contribution in [3.8, 4) is 0 Å². The van der Waals surface area contributed by atoms with E-state index in [1.165, 1.54) is 58.0 Å². The molecule has 2 aliphatic rings. The van der Waals surface area contributed by atoms with Crippen LogP contribution in [-0.4, -0.2) is 49.1 Å². The van der Waals surface area contributed by atoms with E-state index in [9.17, 15) is 0 Å². The number of hydrogen-bond acceptors (Lipinski definition) is 2. The fraction of sp³-hybridized carbons (Fsp3) is 1.00. The molecule has 0 aromatic heterocycles. The van der Waals surface area contributed by atoms with Crippen molar-refractivity contribution < 1.29 is 0 Å². The molecule has 0 aromatic carbocycles. The van der Waals surface area contributed by atoms with E-state index in [2.05, 4.69) is 23.9 Å². The Morgan fingerprint density at radius 3 is 2.40 bits per heavy atom. The van der Waals surface area contributed by atoms with Gasteiger partial charge in [-0.2, -0.15) is 0 Å². The molecule has 1 heterocycles. The molecule has 1 aliphatic carbocycles. The maximum absolute atomic E-state index is 2.82. The van der Waals surface area contributed by atoms with Gasteiger partial charge in [-0.25, -0.2) is 0 Å². The van der Waals surface area contributed by atoms with Gasteiger partial charge in [0.05, 0.1) is 0 Å². The third-order valence-electron chi connectivity index (χ3n) is 4.04. The summed E-state index contributed by atoms with van der Waals surface area (Å²) in [6.45, 7) is 2.62. The van der Waals surface area contributed by atoms with Gasteiger partial charge in [-0.1, -0.05) is 19.3 Å². The van der Waals surface area contributed by atoms with Crippen molar-refractivity contribution in [3.05, 3.63) is 0 Å². The van der Waals surface area contributed by atoms with Crippen molar-refractivity contribution in [2.24, 2.45) is 0 Å². The predicted octanol–water partition coefficient (Wildman–Crippen LogP) is 2.35. The van der Waals surface area contributed by atoms with Gasteiger partial charge in [-0.15, -0.1) is 0 Å². The number of hydrogen-bond donors (Lipinski definition) is 0. The molecule has 15 heavy (non-hydrogen) atoms. The molecule has 0 aromatic rings. The second-order valence-corrected chi connectivity index (χ2v) is 5.59. The van der Waals surface area contributed by atoms with Crippen LogP contribution in [0.5, 0.6) is 0 Å². The monoisotopic (exact) mass is 210 g/mol. The van der Waals surface area contributed by atoms with E-state index in [-0.39, 0.29) is 0 Å². The molecule has 0 bridgehead atoms. The first-order valence-corrected chi connectivity index (χ1v) is 6.68. The Kier molecular flexibility index (Phi) is 4.04. The van der Waals surface area contributed by atoms with Crippen molar-refractivity contribution in [1.29, 1.82) is 0 Å². The van der Waals surface area contributed by atoms with Crippen LogP contribution < -0.4 is 0 Å². The number of nitrogens with zero attached hydrogens (tertiary/aromatic N) is 2. The summed E-state index contributed by atoms with van der Waals surface area (Å²) in [7, 11) is 4.41. The van der Waals surface area contributed by atoms with Crippen molar-refractivity contribution in [2.45, 2.75) is 57.0 Å². The molecular weight excluding hydrogens is 184 g/mol. The van der Waals surface area contributed by atoms with Crippen LogP contribution >= 0.6 is 0 Å². The minimum Gasteiger partial charge on any atom is -0.308 e. The molecule has 0 spiro atoms. The molecule has 1 saturated heterocycles. The van der Waals surface area contributed by atoms with Crippen molar-refractivity contribution in [3.63, 3.8) is 0 Å². The number of likely N-dealkylation sites (tertiary alicyclic amines) is 1. The minimum atomic E-state index is 0.850. The lowest BCUT2D eigenvalue weighted by atomic mass is 9.93. The van der Waals surface area contributed by atoms with Crippen LogP contribution in [0.2, 0.25) is 0 Å². The summed E-state index contributed by atoms with van der Waals surface area (Å²) in [6.07, 6.45) is 10.2. The number of rotatable bonds is 3. The normalized spacial score (nSPS) is 30.2. The minimum absolute atomic E-state index is 0.850. The average molecular weight is 210 g/mol. The molecular formula is C13H26N2. The first kappa shape index (κ1) is 11.4. The van der Waals surface area contributed by atoms with E-state index >= 15 is 0 Å². The van der Waals surface area contributed by atoms with E-state index in [1.807, 2.05) is 0 Å². The zero-order valence-corrected chi connectivity index (χ0v) is 10.4. The summed E-state index contributed by atoms with van der Waals surface area (Å²) < 4.78 is 0. The quantitative estimate of drug-likeness (QED) is 0.705. The molecule has 0 radical (unpaired) electrons. The molecule has 1 aliphatic heterocycles. The third-order valence-corrected chi connectivity index (χ3v) is 4.04. The second-order valence-electron chi connectivity index (χ2n) is 5.59. The molecule has 0 amide bonds. The van der Waals surface area contributed by atoms with Gasteiger partial charge in [0.15, 0.2) is 0 Å². The molecule has 88 valence electrons. The molecule has 1 atom stereocenters.